The van der Waals surface area contributed by atoms with E-state index in [9.17, 15) is 14.7 Å². The van der Waals surface area contributed by atoms with Gasteiger partial charge in [-0.05, 0) is 20.3 Å². The number of rotatable bonds is 6. The molecule has 2 amide bonds. The summed E-state index contributed by atoms with van der Waals surface area (Å²) < 4.78 is 4.96. The summed E-state index contributed by atoms with van der Waals surface area (Å²) in [6, 6.07) is -0.385. The van der Waals surface area contributed by atoms with E-state index in [0.29, 0.717) is 6.42 Å². The van der Waals surface area contributed by atoms with Crippen LogP contribution in [0.4, 0.5) is 4.79 Å². The van der Waals surface area contributed by atoms with Gasteiger partial charge in [0.05, 0.1) is 5.41 Å². The van der Waals surface area contributed by atoms with Gasteiger partial charge in [0.2, 0.25) is 0 Å². The molecule has 0 rings (SSSR count). The second-order valence-electron chi connectivity index (χ2n) is 4.45. The van der Waals surface area contributed by atoms with E-state index in [-0.39, 0.29) is 25.2 Å². The van der Waals surface area contributed by atoms with Gasteiger partial charge >= 0.3 is 12.0 Å². The Kier molecular flexibility index (Phi) is 6.57. The van der Waals surface area contributed by atoms with E-state index in [2.05, 4.69) is 10.6 Å². The number of aliphatic hydroxyl groups is 1. The molecule has 1 unspecified atom stereocenters. The van der Waals surface area contributed by atoms with E-state index in [1.54, 1.807) is 13.8 Å². The van der Waals surface area contributed by atoms with Crippen LogP contribution < -0.4 is 10.6 Å². The third kappa shape index (κ3) is 6.11. The summed E-state index contributed by atoms with van der Waals surface area (Å²) in [5, 5.41) is 14.2. The molecular formula is C11H22N2O4. The molecule has 0 aromatic heterocycles. The quantitative estimate of drug-likeness (QED) is 0.586. The normalized spacial score (nSPS) is 12.8. The van der Waals surface area contributed by atoms with Crippen molar-refractivity contribution in [3.63, 3.8) is 0 Å². The topological polar surface area (TPSA) is 87.7 Å². The van der Waals surface area contributed by atoms with Crippen LogP contribution in [0.1, 0.15) is 27.2 Å². The first-order chi connectivity index (χ1) is 7.83. The Morgan fingerprint density at radius 3 is 2.47 bits per heavy atom. The molecule has 0 aromatic rings. The molecule has 0 radical (unpaired) electrons. The molecule has 6 heteroatoms. The van der Waals surface area contributed by atoms with E-state index < -0.39 is 11.5 Å². The molecule has 3 N–H and O–H groups in total. The first-order valence-corrected chi connectivity index (χ1v) is 5.64. The molecule has 6 nitrogen and oxygen atoms in total. The van der Waals surface area contributed by atoms with Crippen molar-refractivity contribution in [2.45, 2.75) is 33.3 Å². The maximum absolute atomic E-state index is 11.6. The largest absolute Gasteiger partial charge is 0.462 e. The molecule has 0 saturated carbocycles. The molecule has 17 heavy (non-hydrogen) atoms. The summed E-state index contributed by atoms with van der Waals surface area (Å²) >= 11 is 0. The van der Waals surface area contributed by atoms with Crippen LogP contribution in [0.5, 0.6) is 0 Å². The SMILES string of the molecule is CCC(C)(C)C(=O)OCC(O)CNC(=O)NC. The van der Waals surface area contributed by atoms with E-state index >= 15 is 0 Å². The van der Waals surface area contributed by atoms with Gasteiger partial charge < -0.3 is 20.5 Å². The Morgan fingerprint density at radius 2 is 2.00 bits per heavy atom. The number of aliphatic hydroxyl groups excluding tert-OH is 1. The number of esters is 1. The Hall–Kier alpha value is -1.30. The minimum absolute atomic E-state index is 0.0412. The first-order valence-electron chi connectivity index (χ1n) is 5.64. The number of amides is 2. The first kappa shape index (κ1) is 15.7. The lowest BCUT2D eigenvalue weighted by Gasteiger charge is -2.21. The Balaban J connectivity index is 3.88. The van der Waals surface area contributed by atoms with Gasteiger partial charge in [0.15, 0.2) is 0 Å². The lowest BCUT2D eigenvalue weighted by molar-refractivity contribution is -0.157. The standard InChI is InChI=1S/C11H22N2O4/c1-5-11(2,3)9(15)17-7-8(14)6-13-10(16)12-4/h8,14H,5-7H2,1-4H3,(H2,12,13,16). The van der Waals surface area contributed by atoms with Gasteiger partial charge in [0.25, 0.3) is 0 Å². The third-order valence-electron chi connectivity index (χ3n) is 2.57. The van der Waals surface area contributed by atoms with Gasteiger partial charge in [-0.2, -0.15) is 0 Å². The van der Waals surface area contributed by atoms with Crippen molar-refractivity contribution < 1.29 is 19.4 Å². The van der Waals surface area contributed by atoms with Gasteiger partial charge in [-0.15, -0.1) is 0 Å². The highest BCUT2D eigenvalue weighted by Crippen LogP contribution is 2.21. The Bertz CT molecular complexity index is 266. The van der Waals surface area contributed by atoms with Crippen molar-refractivity contribution in [3.8, 4) is 0 Å². The van der Waals surface area contributed by atoms with Crippen LogP contribution in [0.3, 0.4) is 0 Å². The molecule has 0 saturated heterocycles. The zero-order chi connectivity index (χ0) is 13.5. The van der Waals surface area contributed by atoms with Crippen LogP contribution in [0.2, 0.25) is 0 Å². The van der Waals surface area contributed by atoms with Gasteiger partial charge in [-0.3, -0.25) is 4.79 Å². The second kappa shape index (κ2) is 7.11. The average Bonchev–Trinajstić information content (AvgIpc) is 2.32. The number of hydrogen-bond acceptors (Lipinski definition) is 4. The number of hydrogen-bond donors (Lipinski definition) is 3. The maximum atomic E-state index is 11.6. The molecule has 0 aliphatic carbocycles. The number of carbonyl (C=O) groups is 2. The molecule has 0 heterocycles. The monoisotopic (exact) mass is 246 g/mol. The highest BCUT2D eigenvalue weighted by atomic mass is 16.5. The van der Waals surface area contributed by atoms with Crippen LogP contribution in [0.25, 0.3) is 0 Å². The molecule has 0 aliphatic rings. The molecular weight excluding hydrogens is 224 g/mol. The zero-order valence-corrected chi connectivity index (χ0v) is 10.9. The average molecular weight is 246 g/mol. The minimum Gasteiger partial charge on any atom is -0.462 e. The molecule has 0 fully saturated rings. The van der Waals surface area contributed by atoms with Gasteiger partial charge in [0, 0.05) is 13.6 Å². The molecule has 0 aromatic carbocycles. The molecule has 0 aliphatic heterocycles. The highest BCUT2D eigenvalue weighted by molar-refractivity contribution is 5.75. The van der Waals surface area contributed by atoms with Crippen molar-refractivity contribution in [2.75, 3.05) is 20.2 Å². The molecule has 0 spiro atoms. The lowest BCUT2D eigenvalue weighted by Crippen LogP contribution is -2.40. The van der Waals surface area contributed by atoms with Gasteiger partial charge in [-0.25, -0.2) is 4.79 Å². The van der Waals surface area contributed by atoms with E-state index in [1.165, 1.54) is 7.05 Å². The fourth-order valence-electron chi connectivity index (χ4n) is 0.869. The number of nitrogens with one attached hydrogen (secondary N) is 2. The summed E-state index contributed by atoms with van der Waals surface area (Å²) in [5.41, 5.74) is -0.548. The van der Waals surface area contributed by atoms with Crippen molar-refractivity contribution in [1.29, 1.82) is 0 Å². The molecule has 100 valence electrons. The molecule has 0 bridgehead atoms. The number of ether oxygens (including phenoxy) is 1. The fraction of sp³-hybridized carbons (Fsp3) is 0.818. The predicted octanol–water partition coefficient (Wildman–Crippen LogP) is 0.256. The predicted molar refractivity (Wildman–Crippen MR) is 63.5 cm³/mol. The Morgan fingerprint density at radius 1 is 1.41 bits per heavy atom. The van der Waals surface area contributed by atoms with Crippen molar-refractivity contribution >= 4 is 12.0 Å². The van der Waals surface area contributed by atoms with Crippen LogP contribution >= 0.6 is 0 Å². The summed E-state index contributed by atoms with van der Waals surface area (Å²) in [4.78, 5) is 22.4. The summed E-state index contributed by atoms with van der Waals surface area (Å²) in [6.07, 6.45) is -0.234. The van der Waals surface area contributed by atoms with Gasteiger partial charge in [-0.1, -0.05) is 6.92 Å². The summed E-state index contributed by atoms with van der Waals surface area (Å²) in [5.74, 6) is -0.348. The summed E-state index contributed by atoms with van der Waals surface area (Å²) in [6.45, 7) is 5.38. The smallest absolute Gasteiger partial charge is 0.314 e. The lowest BCUT2D eigenvalue weighted by atomic mass is 9.91. The van der Waals surface area contributed by atoms with Crippen LogP contribution in [-0.4, -0.2) is 43.4 Å². The van der Waals surface area contributed by atoms with Crippen LogP contribution in [0, 0.1) is 5.41 Å². The van der Waals surface area contributed by atoms with Crippen molar-refractivity contribution in [1.82, 2.24) is 10.6 Å². The molecule has 1 atom stereocenters. The van der Waals surface area contributed by atoms with E-state index in [0.717, 1.165) is 0 Å². The van der Waals surface area contributed by atoms with Crippen LogP contribution in [0.15, 0.2) is 0 Å². The third-order valence-corrected chi connectivity index (χ3v) is 2.57. The van der Waals surface area contributed by atoms with Crippen molar-refractivity contribution in [2.24, 2.45) is 5.41 Å². The number of carbonyl (C=O) groups excluding carboxylic acids is 2. The van der Waals surface area contributed by atoms with E-state index in [4.69, 9.17) is 4.74 Å². The van der Waals surface area contributed by atoms with Crippen LogP contribution in [-0.2, 0) is 9.53 Å². The maximum Gasteiger partial charge on any atom is 0.314 e. The van der Waals surface area contributed by atoms with Crippen molar-refractivity contribution in [3.05, 3.63) is 0 Å². The Labute approximate surface area is 102 Å². The second-order valence-corrected chi connectivity index (χ2v) is 4.45. The zero-order valence-electron chi connectivity index (χ0n) is 10.9. The fourth-order valence-corrected chi connectivity index (χ4v) is 0.869. The highest BCUT2D eigenvalue weighted by Gasteiger charge is 2.27. The van der Waals surface area contributed by atoms with E-state index in [1.807, 2.05) is 6.92 Å². The van der Waals surface area contributed by atoms with Gasteiger partial charge in [0.1, 0.15) is 12.7 Å². The minimum atomic E-state index is -0.899. The number of urea groups is 1. The summed E-state index contributed by atoms with van der Waals surface area (Å²) in [7, 11) is 1.48.